The van der Waals surface area contributed by atoms with E-state index < -0.39 is 0 Å². The molecule has 1 amide bonds. The molecule has 1 saturated carbocycles. The Morgan fingerprint density at radius 2 is 2.29 bits per heavy atom. The molecule has 1 N–H and O–H groups in total. The van der Waals surface area contributed by atoms with Gasteiger partial charge in [-0.2, -0.15) is 0 Å². The summed E-state index contributed by atoms with van der Waals surface area (Å²) in [6, 6.07) is 6.31. The van der Waals surface area contributed by atoms with Crippen molar-refractivity contribution in [1.29, 1.82) is 0 Å². The number of nitrogens with zero attached hydrogens (tertiary/aromatic N) is 1. The van der Waals surface area contributed by atoms with E-state index >= 15 is 0 Å². The average molecular weight is 244 g/mol. The minimum absolute atomic E-state index is 0.0154. The molecule has 2 aromatic rings. The number of aromatic nitrogens is 1. The number of carbonyl (C=O) groups is 1. The van der Waals surface area contributed by atoms with E-state index in [0.717, 1.165) is 23.3 Å². The summed E-state index contributed by atoms with van der Waals surface area (Å²) in [4.78, 5) is 17.1. The van der Waals surface area contributed by atoms with Crippen molar-refractivity contribution in [1.82, 2.24) is 10.3 Å². The zero-order valence-corrected chi connectivity index (χ0v) is 10.0. The van der Waals surface area contributed by atoms with Gasteiger partial charge < -0.3 is 5.32 Å². The molecular weight excluding hydrogens is 232 g/mol. The maximum Gasteiger partial charge on any atom is 0.253 e. The van der Waals surface area contributed by atoms with Crippen LogP contribution < -0.4 is 5.32 Å². The fourth-order valence-electron chi connectivity index (χ4n) is 1.64. The van der Waals surface area contributed by atoms with E-state index in [2.05, 4.69) is 10.3 Å². The van der Waals surface area contributed by atoms with Crippen LogP contribution in [0.25, 0.3) is 10.4 Å². The average Bonchev–Trinajstić information content (AvgIpc) is 3.00. The second kappa shape index (κ2) is 4.30. The predicted molar refractivity (Wildman–Crippen MR) is 68.0 cm³/mol. The van der Waals surface area contributed by atoms with Gasteiger partial charge in [0.25, 0.3) is 5.91 Å². The molecule has 3 rings (SSSR count). The van der Waals surface area contributed by atoms with Crippen molar-refractivity contribution >= 4 is 17.2 Å². The molecule has 0 bridgehead atoms. The van der Waals surface area contributed by atoms with Crippen LogP contribution in [0.3, 0.4) is 0 Å². The fraction of sp³-hybridized carbons (Fsp3) is 0.231. The predicted octanol–water partition coefficient (Wildman–Crippen LogP) is 2.70. The van der Waals surface area contributed by atoms with E-state index in [9.17, 15) is 4.79 Å². The van der Waals surface area contributed by atoms with Crippen LogP contribution in [0.5, 0.6) is 0 Å². The lowest BCUT2D eigenvalue weighted by molar-refractivity contribution is 0.0951. The molecule has 3 nitrogen and oxygen atoms in total. The van der Waals surface area contributed by atoms with Crippen molar-refractivity contribution in [2.24, 2.45) is 0 Å². The van der Waals surface area contributed by atoms with Crippen LogP contribution in [0.15, 0.2) is 36.0 Å². The van der Waals surface area contributed by atoms with Crippen molar-refractivity contribution in [2.75, 3.05) is 0 Å². The molecule has 0 saturated heterocycles. The van der Waals surface area contributed by atoms with E-state index in [0.29, 0.717) is 11.6 Å². The molecule has 2 aromatic heterocycles. The van der Waals surface area contributed by atoms with Crippen LogP contribution in [0.2, 0.25) is 0 Å². The Balaban J connectivity index is 1.85. The van der Waals surface area contributed by atoms with Gasteiger partial charge in [-0.15, -0.1) is 11.3 Å². The highest BCUT2D eigenvalue weighted by Crippen LogP contribution is 2.25. The van der Waals surface area contributed by atoms with E-state index in [1.807, 2.05) is 23.6 Å². The Morgan fingerprint density at radius 1 is 1.41 bits per heavy atom. The van der Waals surface area contributed by atoms with Gasteiger partial charge in [0.05, 0.1) is 5.56 Å². The molecule has 0 spiro atoms. The molecule has 0 aliphatic heterocycles. The summed E-state index contributed by atoms with van der Waals surface area (Å²) in [5.74, 6) is -0.0154. The lowest BCUT2D eigenvalue weighted by Crippen LogP contribution is -2.25. The Hall–Kier alpha value is -1.68. The van der Waals surface area contributed by atoms with Gasteiger partial charge in [0, 0.05) is 28.9 Å². The van der Waals surface area contributed by atoms with Gasteiger partial charge >= 0.3 is 0 Å². The molecule has 2 heterocycles. The molecule has 1 aliphatic rings. The van der Waals surface area contributed by atoms with Crippen LogP contribution in [-0.2, 0) is 0 Å². The van der Waals surface area contributed by atoms with Crippen molar-refractivity contribution in [3.8, 4) is 10.4 Å². The molecule has 4 heteroatoms. The highest BCUT2D eigenvalue weighted by atomic mass is 32.1. The Kier molecular flexibility index (Phi) is 2.65. The number of carbonyl (C=O) groups excluding carboxylic acids is 1. The Bertz CT molecular complexity index is 532. The van der Waals surface area contributed by atoms with Gasteiger partial charge in [-0.05, 0) is 30.4 Å². The molecule has 86 valence electrons. The molecule has 1 fully saturated rings. The smallest absolute Gasteiger partial charge is 0.253 e. The van der Waals surface area contributed by atoms with Crippen LogP contribution in [-0.4, -0.2) is 16.9 Å². The summed E-state index contributed by atoms with van der Waals surface area (Å²) >= 11 is 1.65. The van der Waals surface area contributed by atoms with Crippen LogP contribution in [0.1, 0.15) is 23.2 Å². The summed E-state index contributed by atoms with van der Waals surface area (Å²) < 4.78 is 0. The lowest BCUT2D eigenvalue weighted by atomic mass is 10.1. The standard InChI is InChI=1S/C13H12N2OS/c16-13(15-11-3-4-11)10-6-9(7-14-8-10)12-2-1-5-17-12/h1-2,5-8,11H,3-4H2,(H,15,16). The topological polar surface area (TPSA) is 42.0 Å². The first-order valence-corrected chi connectivity index (χ1v) is 6.51. The zero-order valence-electron chi connectivity index (χ0n) is 9.22. The van der Waals surface area contributed by atoms with E-state index in [1.165, 1.54) is 0 Å². The van der Waals surface area contributed by atoms with Crippen molar-refractivity contribution in [3.63, 3.8) is 0 Å². The first-order valence-electron chi connectivity index (χ1n) is 5.63. The second-order valence-corrected chi connectivity index (χ2v) is 5.14. The van der Waals surface area contributed by atoms with Crippen LogP contribution in [0.4, 0.5) is 0 Å². The van der Waals surface area contributed by atoms with E-state index in [-0.39, 0.29) is 5.91 Å². The summed E-state index contributed by atoms with van der Waals surface area (Å²) in [7, 11) is 0. The molecule has 0 radical (unpaired) electrons. The lowest BCUT2D eigenvalue weighted by Gasteiger charge is -2.04. The number of hydrogen-bond acceptors (Lipinski definition) is 3. The summed E-state index contributed by atoms with van der Waals surface area (Å²) in [6.07, 6.45) is 5.61. The summed E-state index contributed by atoms with van der Waals surface area (Å²) in [6.45, 7) is 0. The van der Waals surface area contributed by atoms with Gasteiger partial charge in [0.15, 0.2) is 0 Å². The monoisotopic (exact) mass is 244 g/mol. The number of amides is 1. The maximum absolute atomic E-state index is 11.9. The van der Waals surface area contributed by atoms with Gasteiger partial charge in [0.2, 0.25) is 0 Å². The van der Waals surface area contributed by atoms with Gasteiger partial charge in [0.1, 0.15) is 0 Å². The van der Waals surface area contributed by atoms with Gasteiger partial charge in [-0.3, -0.25) is 9.78 Å². The van der Waals surface area contributed by atoms with E-state index in [1.54, 1.807) is 23.7 Å². The highest BCUT2D eigenvalue weighted by molar-refractivity contribution is 7.13. The first-order chi connectivity index (χ1) is 8.33. The van der Waals surface area contributed by atoms with Crippen molar-refractivity contribution in [3.05, 3.63) is 41.5 Å². The summed E-state index contributed by atoms with van der Waals surface area (Å²) in [5, 5.41) is 4.99. The molecule has 0 aromatic carbocycles. The molecule has 1 aliphatic carbocycles. The molecule has 0 atom stereocenters. The highest BCUT2D eigenvalue weighted by Gasteiger charge is 2.23. The third kappa shape index (κ3) is 2.36. The fourth-order valence-corrected chi connectivity index (χ4v) is 2.35. The molecule has 17 heavy (non-hydrogen) atoms. The number of rotatable bonds is 3. The third-order valence-corrected chi connectivity index (χ3v) is 3.64. The minimum Gasteiger partial charge on any atom is -0.349 e. The van der Waals surface area contributed by atoms with E-state index in [4.69, 9.17) is 0 Å². The SMILES string of the molecule is O=C(NC1CC1)c1cncc(-c2cccs2)c1. The van der Waals surface area contributed by atoms with Crippen molar-refractivity contribution < 1.29 is 4.79 Å². The molecule has 0 unspecified atom stereocenters. The molecular formula is C13H12N2OS. The maximum atomic E-state index is 11.9. The summed E-state index contributed by atoms with van der Waals surface area (Å²) in [5.41, 5.74) is 1.64. The largest absolute Gasteiger partial charge is 0.349 e. The normalized spacial score (nSPS) is 14.6. The second-order valence-electron chi connectivity index (χ2n) is 4.19. The number of hydrogen-bond donors (Lipinski definition) is 1. The Morgan fingerprint density at radius 3 is 3.00 bits per heavy atom. The van der Waals surface area contributed by atoms with Crippen LogP contribution in [0, 0.1) is 0 Å². The Labute approximate surface area is 104 Å². The number of nitrogens with one attached hydrogen (secondary N) is 1. The minimum atomic E-state index is -0.0154. The quantitative estimate of drug-likeness (QED) is 0.902. The number of thiophene rings is 1. The van der Waals surface area contributed by atoms with Gasteiger partial charge in [-0.25, -0.2) is 0 Å². The first kappa shape index (κ1) is 10.5. The third-order valence-electron chi connectivity index (χ3n) is 2.72. The zero-order chi connectivity index (χ0) is 11.7. The van der Waals surface area contributed by atoms with Gasteiger partial charge in [-0.1, -0.05) is 6.07 Å². The van der Waals surface area contributed by atoms with Crippen LogP contribution >= 0.6 is 11.3 Å². The van der Waals surface area contributed by atoms with Crippen molar-refractivity contribution in [2.45, 2.75) is 18.9 Å². The number of pyridine rings is 1.